The molecule has 4 aliphatic carbocycles. The number of alkyl halides is 2. The Labute approximate surface area is 283 Å². The van der Waals surface area contributed by atoms with E-state index in [0.717, 1.165) is 54.1 Å². The highest BCUT2D eigenvalue weighted by molar-refractivity contribution is 7.84. The fraction of sp³-hybridized carbons (Fsp3) is 0.778. The van der Waals surface area contributed by atoms with E-state index >= 15 is 0 Å². The summed E-state index contributed by atoms with van der Waals surface area (Å²) in [6.07, 6.45) is 9.11. The first kappa shape index (κ1) is 35.1. The fourth-order valence-corrected chi connectivity index (χ4v) is 9.15. The van der Waals surface area contributed by atoms with Gasteiger partial charge in [0.15, 0.2) is 0 Å². The molecule has 4 fully saturated rings. The molecule has 1 heterocycles. The van der Waals surface area contributed by atoms with Crippen LogP contribution in [-0.4, -0.2) is 45.0 Å². The van der Waals surface area contributed by atoms with E-state index in [0.29, 0.717) is 30.6 Å². The van der Waals surface area contributed by atoms with Crippen LogP contribution in [0.3, 0.4) is 0 Å². The van der Waals surface area contributed by atoms with E-state index in [1.807, 2.05) is 20.8 Å². The highest BCUT2D eigenvalue weighted by atomic mass is 32.2. The number of carbonyl (C=O) groups excluding carboxylic acids is 1. The molecular formula is C36H56F2N4O3SSi. The molecule has 4 saturated carbocycles. The summed E-state index contributed by atoms with van der Waals surface area (Å²) in [5.74, 6) is -1.48. The van der Waals surface area contributed by atoms with Gasteiger partial charge in [-0.15, -0.1) is 0 Å². The number of rotatable bonds is 14. The van der Waals surface area contributed by atoms with Gasteiger partial charge in [-0.25, -0.2) is 22.7 Å². The molecule has 1 amide bonds. The van der Waals surface area contributed by atoms with Gasteiger partial charge in [-0.2, -0.15) is 0 Å². The summed E-state index contributed by atoms with van der Waals surface area (Å²) in [6, 6.07) is 7.00. The number of nitrogens with one attached hydrogen (secondary N) is 2. The van der Waals surface area contributed by atoms with E-state index in [4.69, 9.17) is 9.72 Å². The van der Waals surface area contributed by atoms with E-state index in [9.17, 15) is 17.8 Å². The lowest BCUT2D eigenvalue weighted by Gasteiger charge is -2.35. The van der Waals surface area contributed by atoms with Crippen molar-refractivity contribution in [3.05, 3.63) is 29.6 Å². The first-order chi connectivity index (χ1) is 22.0. The number of nitrogens with zero attached hydrogens (tertiary/aromatic N) is 2. The van der Waals surface area contributed by atoms with Crippen molar-refractivity contribution >= 4 is 36.0 Å². The lowest BCUT2D eigenvalue weighted by molar-refractivity contribution is -0.134. The number of carbonyl (C=O) groups is 1. The molecule has 47 heavy (non-hydrogen) atoms. The molecule has 0 radical (unpaired) electrons. The smallest absolute Gasteiger partial charge is 0.248 e. The molecule has 2 N–H and O–H groups in total. The summed E-state index contributed by atoms with van der Waals surface area (Å²) >= 11 is 0. The molecule has 6 rings (SSSR count). The van der Waals surface area contributed by atoms with Crippen LogP contribution in [0.4, 0.5) is 8.78 Å². The number of imidazole rings is 1. The Balaban J connectivity index is 1.30. The molecule has 0 unspecified atom stereocenters. The Morgan fingerprint density at radius 2 is 1.72 bits per heavy atom. The summed E-state index contributed by atoms with van der Waals surface area (Å²) in [5, 5.41) is 3.20. The van der Waals surface area contributed by atoms with Gasteiger partial charge in [0, 0.05) is 33.9 Å². The minimum absolute atomic E-state index is 0.148. The van der Waals surface area contributed by atoms with Gasteiger partial charge in [0.05, 0.1) is 38.8 Å². The minimum atomic E-state index is -2.62. The van der Waals surface area contributed by atoms with Crippen LogP contribution in [0.1, 0.15) is 115 Å². The van der Waals surface area contributed by atoms with Gasteiger partial charge in [0.25, 0.3) is 0 Å². The van der Waals surface area contributed by atoms with E-state index in [1.54, 1.807) is 0 Å². The van der Waals surface area contributed by atoms with Crippen molar-refractivity contribution in [2.24, 2.45) is 23.2 Å². The first-order valence-corrected chi connectivity index (χ1v) is 22.8. The van der Waals surface area contributed by atoms with Crippen molar-refractivity contribution in [1.29, 1.82) is 0 Å². The number of hydrogen-bond donors (Lipinski definition) is 2. The zero-order valence-electron chi connectivity index (χ0n) is 29.3. The van der Waals surface area contributed by atoms with E-state index < -0.39 is 29.7 Å². The Bertz CT molecular complexity index is 1460. The van der Waals surface area contributed by atoms with Crippen LogP contribution in [0.25, 0.3) is 11.0 Å². The second kappa shape index (κ2) is 13.2. The Kier molecular flexibility index (Phi) is 9.88. The molecule has 7 nitrogen and oxygen atoms in total. The summed E-state index contributed by atoms with van der Waals surface area (Å²) in [7, 11) is -2.55. The van der Waals surface area contributed by atoms with Crippen molar-refractivity contribution < 1.29 is 22.5 Å². The maximum absolute atomic E-state index is 13.6. The molecule has 262 valence electrons. The van der Waals surface area contributed by atoms with Gasteiger partial charge in [0.1, 0.15) is 12.6 Å². The maximum atomic E-state index is 13.6. The lowest BCUT2D eigenvalue weighted by Crippen LogP contribution is -2.40. The number of hydrogen-bond acceptors (Lipinski definition) is 4. The second-order valence-electron chi connectivity index (χ2n) is 17.5. The number of benzene rings is 1. The van der Waals surface area contributed by atoms with Crippen molar-refractivity contribution in [1.82, 2.24) is 19.6 Å². The van der Waals surface area contributed by atoms with Crippen LogP contribution < -0.4 is 10.0 Å². The van der Waals surface area contributed by atoms with Crippen LogP contribution in [0.5, 0.6) is 0 Å². The molecule has 1 aromatic heterocycles. The van der Waals surface area contributed by atoms with Crippen molar-refractivity contribution in [3.63, 3.8) is 0 Å². The van der Waals surface area contributed by atoms with Gasteiger partial charge >= 0.3 is 0 Å². The van der Waals surface area contributed by atoms with Crippen LogP contribution in [0.2, 0.25) is 25.7 Å². The zero-order chi connectivity index (χ0) is 33.8. The summed E-state index contributed by atoms with van der Waals surface area (Å²) < 4.78 is 52.1. The standard InChI is InChI=1S/C36H56F2N4O3SSi/c1-34(2,3)46(44)41-32(26-11-13-35(14-12-26)15-16-35)33-39-28-20-27(9-10-29(28)42(33)23-45-17-18-47(4,5)6)31(25-7-8-25)40-30(43)19-24-21-36(37,38)22-24/h9-10,20,24-26,31-32,41H,7-8,11-19,21-23H2,1-6H3,(H,40,43)/t31-,32+,46-/m1/s1. The first-order valence-electron chi connectivity index (χ1n) is 17.9. The van der Waals surface area contributed by atoms with E-state index in [-0.39, 0.29) is 43.2 Å². The highest BCUT2D eigenvalue weighted by Gasteiger charge is 2.48. The lowest BCUT2D eigenvalue weighted by atomic mass is 9.76. The van der Waals surface area contributed by atoms with Crippen LogP contribution in [0.15, 0.2) is 18.2 Å². The van der Waals surface area contributed by atoms with Gasteiger partial charge in [0.2, 0.25) is 11.8 Å². The normalized spacial score (nSPS) is 24.6. The minimum Gasteiger partial charge on any atom is -0.361 e. The van der Waals surface area contributed by atoms with Crippen molar-refractivity contribution in [2.45, 2.75) is 147 Å². The summed E-state index contributed by atoms with van der Waals surface area (Å²) in [5.41, 5.74) is 3.35. The average molecular weight is 691 g/mol. The van der Waals surface area contributed by atoms with Gasteiger partial charge < -0.3 is 14.6 Å². The topological polar surface area (TPSA) is 85.3 Å². The number of amides is 1. The highest BCUT2D eigenvalue weighted by Crippen LogP contribution is 2.58. The third kappa shape index (κ3) is 8.73. The largest absolute Gasteiger partial charge is 0.361 e. The zero-order valence-corrected chi connectivity index (χ0v) is 31.1. The number of aromatic nitrogens is 2. The van der Waals surface area contributed by atoms with Crippen molar-refractivity contribution in [2.75, 3.05) is 6.61 Å². The SMILES string of the molecule is CC(C)(C)[S@@](=O)N[C@H](c1nc2cc([C@H](NC(=O)CC3CC(F)(F)C3)C3CC3)ccc2n1COCC[Si](C)(C)C)C1CCC2(CC1)CC2. The molecular weight excluding hydrogens is 635 g/mol. The van der Waals surface area contributed by atoms with Crippen LogP contribution in [-0.2, 0) is 27.2 Å². The Hall–Kier alpha value is -1.69. The molecule has 0 aliphatic heterocycles. The van der Waals surface area contributed by atoms with Crippen molar-refractivity contribution in [3.8, 4) is 0 Å². The summed E-state index contributed by atoms with van der Waals surface area (Å²) in [6.45, 7) is 14.1. The number of ether oxygens (including phenoxy) is 1. The average Bonchev–Trinajstić information content (AvgIpc) is 3.90. The Morgan fingerprint density at radius 1 is 1.06 bits per heavy atom. The molecule has 2 aromatic rings. The molecule has 1 aromatic carbocycles. The van der Waals surface area contributed by atoms with Crippen LogP contribution >= 0.6 is 0 Å². The van der Waals surface area contributed by atoms with E-state index in [1.165, 1.54) is 25.7 Å². The maximum Gasteiger partial charge on any atom is 0.248 e. The molecule has 3 atom stereocenters. The monoisotopic (exact) mass is 690 g/mol. The third-order valence-corrected chi connectivity index (χ3v) is 14.3. The van der Waals surface area contributed by atoms with Crippen LogP contribution in [0, 0.1) is 23.2 Å². The molecule has 1 spiro atoms. The van der Waals surface area contributed by atoms with Gasteiger partial charge in [-0.1, -0.05) is 25.7 Å². The summed E-state index contributed by atoms with van der Waals surface area (Å²) in [4.78, 5) is 18.3. The molecule has 0 bridgehead atoms. The predicted octanol–water partition coefficient (Wildman–Crippen LogP) is 8.41. The fourth-order valence-electron chi connectivity index (χ4n) is 7.51. The quantitative estimate of drug-likeness (QED) is 0.154. The number of halogens is 2. The molecule has 11 heteroatoms. The molecule has 4 aliphatic rings. The van der Waals surface area contributed by atoms with Gasteiger partial charge in [-0.05, 0) is 119 Å². The number of fused-ring (bicyclic) bond motifs is 1. The van der Waals surface area contributed by atoms with E-state index in [2.05, 4.69) is 52.4 Å². The third-order valence-electron chi connectivity index (χ3n) is 11.0. The second-order valence-corrected chi connectivity index (χ2v) is 25.1. The predicted molar refractivity (Wildman–Crippen MR) is 187 cm³/mol. The van der Waals surface area contributed by atoms with Gasteiger partial charge in [-0.3, -0.25) is 4.79 Å². The Morgan fingerprint density at radius 3 is 2.30 bits per heavy atom. The molecule has 0 saturated heterocycles.